The van der Waals surface area contributed by atoms with E-state index in [9.17, 15) is 9.59 Å². The Kier molecular flexibility index (Phi) is 3.51. The van der Waals surface area contributed by atoms with E-state index in [1.54, 1.807) is 4.90 Å². The molecule has 2 amide bonds. The molecule has 112 valence electrons. The van der Waals surface area contributed by atoms with Gasteiger partial charge < -0.3 is 9.80 Å². The van der Waals surface area contributed by atoms with Gasteiger partial charge in [0.2, 0.25) is 11.8 Å². The highest BCUT2D eigenvalue weighted by Gasteiger charge is 2.52. The van der Waals surface area contributed by atoms with Crippen LogP contribution in [0.4, 0.5) is 0 Å². The first-order valence-corrected chi connectivity index (χ1v) is 8.06. The lowest BCUT2D eigenvalue weighted by Gasteiger charge is -2.51. The van der Waals surface area contributed by atoms with E-state index >= 15 is 0 Å². The van der Waals surface area contributed by atoms with Gasteiger partial charge in [-0.15, -0.1) is 0 Å². The van der Waals surface area contributed by atoms with Crippen molar-refractivity contribution in [3.05, 3.63) is 0 Å². The molecule has 3 rings (SSSR count). The number of amides is 2. The fourth-order valence-corrected chi connectivity index (χ4v) is 4.20. The largest absolute Gasteiger partial charge is 0.344 e. The van der Waals surface area contributed by atoms with E-state index in [0.29, 0.717) is 5.91 Å². The molecule has 2 saturated heterocycles. The van der Waals surface area contributed by atoms with E-state index < -0.39 is 0 Å². The highest BCUT2D eigenvalue weighted by Crippen LogP contribution is 2.41. The zero-order valence-electron chi connectivity index (χ0n) is 12.7. The lowest BCUT2D eigenvalue weighted by molar-refractivity contribution is -0.165. The zero-order valence-corrected chi connectivity index (χ0v) is 12.7. The summed E-state index contributed by atoms with van der Waals surface area (Å²) in [7, 11) is 1.87. The van der Waals surface area contributed by atoms with Gasteiger partial charge in [0.1, 0.15) is 0 Å². The Morgan fingerprint density at radius 2 is 1.75 bits per heavy atom. The summed E-state index contributed by atoms with van der Waals surface area (Å²) in [6.07, 6.45) is 6.23. The van der Waals surface area contributed by atoms with Gasteiger partial charge in [-0.3, -0.25) is 9.59 Å². The van der Waals surface area contributed by atoms with Crippen LogP contribution in [0.3, 0.4) is 0 Å². The predicted molar refractivity (Wildman–Crippen MR) is 77.0 cm³/mol. The number of β-lactam (4-membered cyclic amide) rings is 1. The van der Waals surface area contributed by atoms with E-state index in [1.165, 1.54) is 12.8 Å². The van der Waals surface area contributed by atoms with Gasteiger partial charge in [-0.2, -0.15) is 0 Å². The Labute approximate surface area is 121 Å². The molecule has 0 unspecified atom stereocenters. The Balaban J connectivity index is 1.53. The number of likely N-dealkylation sites (tertiary alicyclic amines) is 2. The van der Waals surface area contributed by atoms with Crippen molar-refractivity contribution in [2.24, 2.45) is 17.3 Å². The van der Waals surface area contributed by atoms with Gasteiger partial charge in [0.25, 0.3) is 0 Å². The third-order valence-electron chi connectivity index (χ3n) is 5.74. The van der Waals surface area contributed by atoms with Crippen LogP contribution in [-0.2, 0) is 9.59 Å². The molecule has 4 heteroatoms. The van der Waals surface area contributed by atoms with Crippen molar-refractivity contribution in [2.45, 2.75) is 45.4 Å². The Hall–Kier alpha value is -1.06. The molecule has 0 aromatic carbocycles. The summed E-state index contributed by atoms with van der Waals surface area (Å²) in [6, 6.07) is 0. The predicted octanol–water partition coefficient (Wildman–Crippen LogP) is 1.89. The number of hydrogen-bond acceptors (Lipinski definition) is 2. The van der Waals surface area contributed by atoms with Crippen molar-refractivity contribution in [1.82, 2.24) is 9.80 Å². The van der Waals surface area contributed by atoms with Gasteiger partial charge in [0, 0.05) is 32.6 Å². The molecule has 2 heterocycles. The summed E-state index contributed by atoms with van der Waals surface area (Å²) >= 11 is 0. The van der Waals surface area contributed by atoms with Crippen molar-refractivity contribution in [3.63, 3.8) is 0 Å². The third-order valence-corrected chi connectivity index (χ3v) is 5.74. The minimum absolute atomic E-state index is 0.118. The minimum Gasteiger partial charge on any atom is -0.344 e. The maximum absolute atomic E-state index is 12.6. The Morgan fingerprint density at radius 3 is 2.25 bits per heavy atom. The van der Waals surface area contributed by atoms with Crippen LogP contribution in [0.5, 0.6) is 0 Å². The molecular weight excluding hydrogens is 252 g/mol. The van der Waals surface area contributed by atoms with Crippen LogP contribution in [0.2, 0.25) is 0 Å². The quantitative estimate of drug-likeness (QED) is 0.687. The third kappa shape index (κ3) is 2.23. The Bertz CT molecular complexity index is 405. The number of hydrogen-bond donors (Lipinski definition) is 0. The summed E-state index contributed by atoms with van der Waals surface area (Å²) in [5.41, 5.74) is -0.118. The van der Waals surface area contributed by atoms with Crippen molar-refractivity contribution in [1.29, 1.82) is 0 Å². The van der Waals surface area contributed by atoms with Gasteiger partial charge in [0.15, 0.2) is 0 Å². The molecule has 2 aliphatic heterocycles. The molecule has 1 aliphatic carbocycles. The number of nitrogens with zero attached hydrogens (tertiary/aromatic N) is 2. The van der Waals surface area contributed by atoms with Gasteiger partial charge in [-0.25, -0.2) is 0 Å². The standard InChI is InChI=1S/C16H26N2O2/c1-12-3-5-13(6-4-12)14(19)18-9-7-16(8-10-18)11-17(2)15(16)20/h12-13H,3-11H2,1-2H3. The normalized spacial score (nSPS) is 33.2. The van der Waals surface area contributed by atoms with E-state index in [-0.39, 0.29) is 17.2 Å². The van der Waals surface area contributed by atoms with E-state index in [1.807, 2.05) is 11.9 Å². The summed E-state index contributed by atoms with van der Waals surface area (Å²) in [4.78, 5) is 28.4. The first-order chi connectivity index (χ1) is 9.52. The monoisotopic (exact) mass is 278 g/mol. The van der Waals surface area contributed by atoms with Gasteiger partial charge in [-0.05, 0) is 44.4 Å². The van der Waals surface area contributed by atoms with E-state index in [2.05, 4.69) is 6.92 Å². The average molecular weight is 278 g/mol. The SMILES string of the molecule is CC1CCC(C(=O)N2CCC3(CC2)CN(C)C3=O)CC1. The smallest absolute Gasteiger partial charge is 0.230 e. The highest BCUT2D eigenvalue weighted by molar-refractivity contribution is 5.89. The van der Waals surface area contributed by atoms with E-state index in [0.717, 1.165) is 51.2 Å². The maximum atomic E-state index is 12.6. The summed E-state index contributed by atoms with van der Waals surface area (Å²) < 4.78 is 0. The molecule has 4 nitrogen and oxygen atoms in total. The fraction of sp³-hybridized carbons (Fsp3) is 0.875. The molecule has 0 bridgehead atoms. The number of carbonyl (C=O) groups is 2. The summed E-state index contributed by atoms with van der Waals surface area (Å²) in [6.45, 7) is 4.73. The van der Waals surface area contributed by atoms with Crippen LogP contribution in [0.15, 0.2) is 0 Å². The van der Waals surface area contributed by atoms with E-state index in [4.69, 9.17) is 0 Å². The van der Waals surface area contributed by atoms with Crippen LogP contribution in [0, 0.1) is 17.3 Å². The second-order valence-corrected chi connectivity index (χ2v) is 7.22. The molecule has 1 spiro atoms. The molecule has 3 fully saturated rings. The van der Waals surface area contributed by atoms with Crippen molar-refractivity contribution < 1.29 is 9.59 Å². The molecule has 0 radical (unpaired) electrons. The Morgan fingerprint density at radius 1 is 1.15 bits per heavy atom. The van der Waals surface area contributed by atoms with Crippen LogP contribution in [-0.4, -0.2) is 48.3 Å². The number of rotatable bonds is 1. The van der Waals surface area contributed by atoms with Gasteiger partial charge in [-0.1, -0.05) is 6.92 Å². The highest BCUT2D eigenvalue weighted by atomic mass is 16.2. The van der Waals surface area contributed by atoms with Crippen LogP contribution in [0.1, 0.15) is 45.4 Å². The summed E-state index contributed by atoms with van der Waals surface area (Å²) in [5, 5.41) is 0. The van der Waals surface area contributed by atoms with Crippen LogP contribution < -0.4 is 0 Å². The first-order valence-electron chi connectivity index (χ1n) is 8.06. The molecule has 0 aromatic rings. The molecule has 0 atom stereocenters. The maximum Gasteiger partial charge on any atom is 0.230 e. The molecule has 0 N–H and O–H groups in total. The van der Waals surface area contributed by atoms with Crippen molar-refractivity contribution in [2.75, 3.05) is 26.7 Å². The topological polar surface area (TPSA) is 40.6 Å². The van der Waals surface area contributed by atoms with Crippen molar-refractivity contribution >= 4 is 11.8 Å². The molecule has 0 aromatic heterocycles. The molecule has 3 aliphatic rings. The molecule has 1 saturated carbocycles. The lowest BCUT2D eigenvalue weighted by atomic mass is 9.71. The van der Waals surface area contributed by atoms with Gasteiger partial charge >= 0.3 is 0 Å². The molecule has 20 heavy (non-hydrogen) atoms. The molecular formula is C16H26N2O2. The minimum atomic E-state index is -0.118. The number of carbonyl (C=O) groups excluding carboxylic acids is 2. The lowest BCUT2D eigenvalue weighted by Crippen LogP contribution is -2.63. The summed E-state index contributed by atoms with van der Waals surface area (Å²) in [5.74, 6) is 1.68. The van der Waals surface area contributed by atoms with Crippen LogP contribution >= 0.6 is 0 Å². The fourth-order valence-electron chi connectivity index (χ4n) is 4.20. The first kappa shape index (κ1) is 13.9. The van der Waals surface area contributed by atoms with Gasteiger partial charge in [0.05, 0.1) is 5.41 Å². The van der Waals surface area contributed by atoms with Crippen molar-refractivity contribution in [3.8, 4) is 0 Å². The second kappa shape index (κ2) is 5.05. The zero-order chi connectivity index (χ0) is 14.3. The van der Waals surface area contributed by atoms with Crippen LogP contribution in [0.25, 0.3) is 0 Å². The number of piperidine rings is 1. The second-order valence-electron chi connectivity index (χ2n) is 7.22. The average Bonchev–Trinajstić information content (AvgIpc) is 2.48.